The monoisotopic (exact) mass is 197 g/mol. The second kappa shape index (κ2) is 2.87. The highest BCUT2D eigenvalue weighted by molar-refractivity contribution is 5.72. The largest absolute Gasteiger partial charge is 0.481 e. The lowest BCUT2D eigenvalue weighted by atomic mass is 9.79. The number of alkyl halides is 3. The van der Waals surface area contributed by atoms with Gasteiger partial charge in [0, 0.05) is 13.1 Å². The number of carboxylic acids is 1. The fraction of sp³-hybridized carbons (Fsp3) is 0.857. The van der Waals surface area contributed by atoms with Crippen molar-refractivity contribution in [1.82, 2.24) is 5.32 Å². The summed E-state index contributed by atoms with van der Waals surface area (Å²) in [7, 11) is 0. The van der Waals surface area contributed by atoms with E-state index in [1.807, 2.05) is 0 Å². The van der Waals surface area contributed by atoms with Crippen LogP contribution in [0.15, 0.2) is 0 Å². The Morgan fingerprint density at radius 1 is 1.62 bits per heavy atom. The van der Waals surface area contributed by atoms with Crippen molar-refractivity contribution >= 4 is 5.97 Å². The maximum Gasteiger partial charge on any atom is 0.396 e. The highest BCUT2D eigenvalue weighted by Gasteiger charge is 2.60. The third kappa shape index (κ3) is 1.50. The van der Waals surface area contributed by atoms with Crippen LogP contribution in [-0.4, -0.2) is 30.3 Å². The summed E-state index contributed by atoms with van der Waals surface area (Å²) in [6, 6.07) is 0. The van der Waals surface area contributed by atoms with E-state index in [9.17, 15) is 18.0 Å². The maximum atomic E-state index is 12.5. The van der Waals surface area contributed by atoms with Crippen molar-refractivity contribution in [2.75, 3.05) is 13.1 Å². The average Bonchev–Trinajstić information content (AvgIpc) is 2.30. The SMILES string of the molecule is CC1(C(F)(F)F)CNCC1C(=O)O. The Bertz CT molecular complexity index is 228. The van der Waals surface area contributed by atoms with E-state index in [-0.39, 0.29) is 13.1 Å². The van der Waals surface area contributed by atoms with Crippen molar-refractivity contribution in [2.24, 2.45) is 11.3 Å². The van der Waals surface area contributed by atoms with Crippen LogP contribution in [0.1, 0.15) is 6.92 Å². The van der Waals surface area contributed by atoms with Crippen molar-refractivity contribution < 1.29 is 23.1 Å². The number of hydrogen-bond acceptors (Lipinski definition) is 2. The quantitative estimate of drug-likeness (QED) is 0.655. The molecule has 2 unspecified atom stereocenters. The minimum absolute atomic E-state index is 0.120. The Balaban J connectivity index is 2.95. The van der Waals surface area contributed by atoms with E-state index in [0.717, 1.165) is 6.92 Å². The molecule has 0 radical (unpaired) electrons. The van der Waals surface area contributed by atoms with Gasteiger partial charge in [-0.1, -0.05) is 0 Å². The van der Waals surface area contributed by atoms with Gasteiger partial charge in [-0.25, -0.2) is 0 Å². The number of nitrogens with one attached hydrogen (secondary N) is 1. The van der Waals surface area contributed by atoms with Crippen LogP contribution in [0.3, 0.4) is 0 Å². The van der Waals surface area contributed by atoms with Gasteiger partial charge in [0.1, 0.15) is 0 Å². The molecule has 1 aliphatic rings. The molecule has 0 spiro atoms. The van der Waals surface area contributed by atoms with Crippen molar-refractivity contribution in [3.05, 3.63) is 0 Å². The smallest absolute Gasteiger partial charge is 0.396 e. The predicted octanol–water partition coefficient (Wildman–Crippen LogP) is 0.859. The summed E-state index contributed by atoms with van der Waals surface area (Å²) in [5.41, 5.74) is -2.14. The normalized spacial score (nSPS) is 34.9. The van der Waals surface area contributed by atoms with E-state index in [0.29, 0.717) is 0 Å². The third-order valence-electron chi connectivity index (χ3n) is 2.56. The van der Waals surface area contributed by atoms with Gasteiger partial charge in [0.05, 0.1) is 11.3 Å². The first kappa shape index (κ1) is 10.3. The molecule has 1 heterocycles. The van der Waals surface area contributed by atoms with Crippen LogP contribution < -0.4 is 5.32 Å². The summed E-state index contributed by atoms with van der Waals surface area (Å²) in [4.78, 5) is 10.5. The van der Waals surface area contributed by atoms with Crippen molar-refractivity contribution in [2.45, 2.75) is 13.1 Å². The van der Waals surface area contributed by atoms with E-state index >= 15 is 0 Å². The summed E-state index contributed by atoms with van der Waals surface area (Å²) in [5, 5.41) is 11.0. The molecular formula is C7H10F3NO2. The molecule has 0 aromatic rings. The zero-order chi connectivity index (χ0) is 10.3. The molecule has 1 fully saturated rings. The molecule has 2 atom stereocenters. The molecule has 76 valence electrons. The fourth-order valence-corrected chi connectivity index (χ4v) is 1.48. The van der Waals surface area contributed by atoms with E-state index in [2.05, 4.69) is 5.32 Å². The number of halogens is 3. The van der Waals surface area contributed by atoms with Gasteiger partial charge in [-0.2, -0.15) is 13.2 Å². The van der Waals surface area contributed by atoms with Crippen LogP contribution in [0.4, 0.5) is 13.2 Å². The number of carbonyl (C=O) groups is 1. The van der Waals surface area contributed by atoms with Gasteiger partial charge >= 0.3 is 12.1 Å². The molecule has 0 bridgehead atoms. The second-order valence-electron chi connectivity index (χ2n) is 3.44. The summed E-state index contributed by atoms with van der Waals surface area (Å²) in [6.07, 6.45) is -4.47. The first-order chi connectivity index (χ1) is 5.79. The molecule has 2 N–H and O–H groups in total. The van der Waals surface area contributed by atoms with Crippen LogP contribution in [-0.2, 0) is 4.79 Å². The highest BCUT2D eigenvalue weighted by Crippen LogP contribution is 2.45. The summed E-state index contributed by atoms with van der Waals surface area (Å²) < 4.78 is 37.4. The summed E-state index contributed by atoms with van der Waals surface area (Å²) in [6.45, 7) is 0.491. The predicted molar refractivity (Wildman–Crippen MR) is 38.2 cm³/mol. The lowest BCUT2D eigenvalue weighted by Gasteiger charge is -2.30. The topological polar surface area (TPSA) is 49.3 Å². The lowest BCUT2D eigenvalue weighted by Crippen LogP contribution is -2.44. The first-order valence-electron chi connectivity index (χ1n) is 3.79. The van der Waals surface area contributed by atoms with Gasteiger partial charge in [-0.3, -0.25) is 4.79 Å². The summed E-state index contributed by atoms with van der Waals surface area (Å²) >= 11 is 0. The Kier molecular flexibility index (Phi) is 2.27. The molecule has 1 saturated heterocycles. The molecule has 1 aliphatic heterocycles. The van der Waals surface area contributed by atoms with Crippen molar-refractivity contribution in [1.29, 1.82) is 0 Å². The van der Waals surface area contributed by atoms with Crippen molar-refractivity contribution in [3.8, 4) is 0 Å². The van der Waals surface area contributed by atoms with E-state index in [1.54, 1.807) is 0 Å². The van der Waals surface area contributed by atoms with Gasteiger partial charge in [0.15, 0.2) is 0 Å². The van der Waals surface area contributed by atoms with Gasteiger partial charge < -0.3 is 10.4 Å². The lowest BCUT2D eigenvalue weighted by molar-refractivity contribution is -0.227. The average molecular weight is 197 g/mol. The standard InChI is InChI=1S/C7H10F3NO2/c1-6(7(8,9)10)3-11-2-4(6)5(12)13/h4,11H,2-3H2,1H3,(H,12,13). The minimum atomic E-state index is -4.47. The van der Waals surface area contributed by atoms with Crippen LogP contribution >= 0.6 is 0 Å². The molecule has 3 nitrogen and oxygen atoms in total. The number of hydrogen-bond donors (Lipinski definition) is 2. The fourth-order valence-electron chi connectivity index (χ4n) is 1.48. The third-order valence-corrected chi connectivity index (χ3v) is 2.56. The van der Waals surface area contributed by atoms with E-state index < -0.39 is 23.5 Å². The first-order valence-corrected chi connectivity index (χ1v) is 3.79. The number of carboxylic acid groups (broad SMARTS) is 1. The van der Waals surface area contributed by atoms with Gasteiger partial charge in [0.25, 0.3) is 0 Å². The molecule has 13 heavy (non-hydrogen) atoms. The Hall–Kier alpha value is -0.780. The van der Waals surface area contributed by atoms with Crippen LogP contribution in [0.5, 0.6) is 0 Å². The molecule has 0 aromatic carbocycles. The zero-order valence-electron chi connectivity index (χ0n) is 6.98. The van der Waals surface area contributed by atoms with Gasteiger partial charge in [-0.15, -0.1) is 0 Å². The van der Waals surface area contributed by atoms with Gasteiger partial charge in [0.2, 0.25) is 0 Å². The van der Waals surface area contributed by atoms with E-state index in [4.69, 9.17) is 5.11 Å². The molecule has 0 saturated carbocycles. The number of rotatable bonds is 1. The molecule has 0 aliphatic carbocycles. The van der Waals surface area contributed by atoms with Crippen LogP contribution in [0.2, 0.25) is 0 Å². The Morgan fingerprint density at radius 2 is 2.15 bits per heavy atom. The molecule has 0 aromatic heterocycles. The maximum absolute atomic E-state index is 12.5. The highest BCUT2D eigenvalue weighted by atomic mass is 19.4. The number of aliphatic carboxylic acids is 1. The van der Waals surface area contributed by atoms with Crippen LogP contribution in [0.25, 0.3) is 0 Å². The molecular weight excluding hydrogens is 187 g/mol. The summed E-state index contributed by atoms with van der Waals surface area (Å²) in [5.74, 6) is -2.78. The molecule has 6 heteroatoms. The molecule has 0 amide bonds. The Labute approximate surface area is 72.9 Å². The van der Waals surface area contributed by atoms with Crippen LogP contribution in [0, 0.1) is 11.3 Å². The Morgan fingerprint density at radius 3 is 2.46 bits per heavy atom. The van der Waals surface area contributed by atoms with E-state index in [1.165, 1.54) is 0 Å². The minimum Gasteiger partial charge on any atom is -0.481 e. The second-order valence-corrected chi connectivity index (χ2v) is 3.44. The zero-order valence-corrected chi connectivity index (χ0v) is 6.98. The molecule has 1 rings (SSSR count). The van der Waals surface area contributed by atoms with Crippen molar-refractivity contribution in [3.63, 3.8) is 0 Å². The van der Waals surface area contributed by atoms with Gasteiger partial charge in [-0.05, 0) is 6.92 Å².